The standard InChI is InChI=1S/C26H21N3O4S/c1-31-20-10-8-19(9-11-20)29-25(17-6-4-3-5-7-17)27-28-26(29)34-16-18-14-24(30)33-23-15-21(32-2)12-13-22(18)23/h3-15H,16H2,1-2H3. The van der Waals surface area contributed by atoms with Gasteiger partial charge >= 0.3 is 5.63 Å². The van der Waals surface area contributed by atoms with E-state index in [1.807, 2.05) is 71.3 Å². The number of fused-ring (bicyclic) bond motifs is 1. The first kappa shape index (κ1) is 21.8. The van der Waals surface area contributed by atoms with Crippen molar-refractivity contribution in [1.29, 1.82) is 0 Å². The molecule has 170 valence electrons. The third kappa shape index (κ3) is 4.27. The van der Waals surface area contributed by atoms with Crippen LogP contribution in [0.5, 0.6) is 11.5 Å². The van der Waals surface area contributed by atoms with Crippen LogP contribution in [-0.4, -0.2) is 29.0 Å². The van der Waals surface area contributed by atoms with Crippen LogP contribution in [0.3, 0.4) is 0 Å². The third-order valence-electron chi connectivity index (χ3n) is 5.39. The fourth-order valence-corrected chi connectivity index (χ4v) is 4.64. The van der Waals surface area contributed by atoms with Gasteiger partial charge in [0.15, 0.2) is 11.0 Å². The first-order valence-corrected chi connectivity index (χ1v) is 11.5. The number of methoxy groups -OCH3 is 2. The van der Waals surface area contributed by atoms with Crippen molar-refractivity contribution >= 4 is 22.7 Å². The molecule has 0 bridgehead atoms. The number of thioether (sulfide) groups is 1. The van der Waals surface area contributed by atoms with Crippen molar-refractivity contribution in [2.75, 3.05) is 14.2 Å². The van der Waals surface area contributed by atoms with Crippen LogP contribution in [0.15, 0.2) is 93.2 Å². The van der Waals surface area contributed by atoms with E-state index < -0.39 is 5.63 Å². The lowest BCUT2D eigenvalue weighted by Crippen LogP contribution is -2.02. The minimum Gasteiger partial charge on any atom is -0.497 e. The molecular weight excluding hydrogens is 450 g/mol. The van der Waals surface area contributed by atoms with Gasteiger partial charge in [-0.1, -0.05) is 42.1 Å². The van der Waals surface area contributed by atoms with Crippen LogP contribution < -0.4 is 15.1 Å². The summed E-state index contributed by atoms with van der Waals surface area (Å²) in [4.78, 5) is 12.2. The van der Waals surface area contributed by atoms with Crippen molar-refractivity contribution < 1.29 is 13.9 Å². The lowest BCUT2D eigenvalue weighted by molar-refractivity contribution is 0.414. The van der Waals surface area contributed by atoms with Gasteiger partial charge in [0.05, 0.1) is 14.2 Å². The van der Waals surface area contributed by atoms with Crippen LogP contribution in [0.25, 0.3) is 28.0 Å². The van der Waals surface area contributed by atoms with E-state index >= 15 is 0 Å². The predicted octanol–water partition coefficient (Wildman–Crippen LogP) is 5.35. The molecule has 0 spiro atoms. The molecule has 3 aromatic carbocycles. The zero-order chi connectivity index (χ0) is 23.5. The van der Waals surface area contributed by atoms with Crippen LogP contribution in [0, 0.1) is 0 Å². The molecule has 0 aliphatic rings. The summed E-state index contributed by atoms with van der Waals surface area (Å²) < 4.78 is 18.0. The summed E-state index contributed by atoms with van der Waals surface area (Å²) in [6.45, 7) is 0. The van der Waals surface area contributed by atoms with Crippen LogP contribution >= 0.6 is 11.8 Å². The Kier molecular flexibility index (Phi) is 6.05. The molecule has 0 unspecified atom stereocenters. The third-order valence-corrected chi connectivity index (χ3v) is 6.37. The second-order valence-electron chi connectivity index (χ2n) is 7.45. The van der Waals surface area contributed by atoms with E-state index in [4.69, 9.17) is 13.9 Å². The highest BCUT2D eigenvalue weighted by Gasteiger charge is 2.17. The number of hydrogen-bond donors (Lipinski definition) is 0. The van der Waals surface area contributed by atoms with E-state index in [9.17, 15) is 4.79 Å². The molecule has 0 radical (unpaired) electrons. The fourth-order valence-electron chi connectivity index (χ4n) is 3.70. The molecule has 0 N–H and O–H groups in total. The highest BCUT2D eigenvalue weighted by atomic mass is 32.2. The first-order chi connectivity index (χ1) is 16.7. The van der Waals surface area contributed by atoms with Gasteiger partial charge in [-0.25, -0.2) is 4.79 Å². The molecule has 8 heteroatoms. The predicted molar refractivity (Wildman–Crippen MR) is 132 cm³/mol. The van der Waals surface area contributed by atoms with Crippen molar-refractivity contribution in [3.8, 4) is 28.6 Å². The Morgan fingerprint density at radius 1 is 0.882 bits per heavy atom. The van der Waals surface area contributed by atoms with Crippen molar-refractivity contribution in [2.24, 2.45) is 0 Å². The zero-order valence-corrected chi connectivity index (χ0v) is 19.4. The molecule has 2 aromatic heterocycles. The zero-order valence-electron chi connectivity index (χ0n) is 18.6. The second-order valence-corrected chi connectivity index (χ2v) is 8.39. The lowest BCUT2D eigenvalue weighted by atomic mass is 10.1. The summed E-state index contributed by atoms with van der Waals surface area (Å²) in [6, 6.07) is 24.7. The normalized spacial score (nSPS) is 11.0. The Labute approximate surface area is 200 Å². The summed E-state index contributed by atoms with van der Waals surface area (Å²) in [6.07, 6.45) is 0. The summed E-state index contributed by atoms with van der Waals surface area (Å²) in [5, 5.41) is 10.5. The second kappa shape index (κ2) is 9.44. The topological polar surface area (TPSA) is 79.4 Å². The van der Waals surface area contributed by atoms with Crippen LogP contribution in [0.4, 0.5) is 0 Å². The maximum absolute atomic E-state index is 12.2. The molecule has 0 aliphatic carbocycles. The summed E-state index contributed by atoms with van der Waals surface area (Å²) in [5.41, 5.74) is 2.80. The minimum atomic E-state index is -0.405. The van der Waals surface area contributed by atoms with E-state index in [0.29, 0.717) is 22.2 Å². The summed E-state index contributed by atoms with van der Waals surface area (Å²) >= 11 is 1.50. The van der Waals surface area contributed by atoms with Crippen molar-refractivity contribution in [2.45, 2.75) is 10.9 Å². The summed E-state index contributed by atoms with van der Waals surface area (Å²) in [7, 11) is 3.22. The Morgan fingerprint density at radius 3 is 2.35 bits per heavy atom. The largest absolute Gasteiger partial charge is 0.497 e. The molecule has 2 heterocycles. The van der Waals surface area contributed by atoms with Gasteiger partial charge < -0.3 is 13.9 Å². The maximum atomic E-state index is 12.2. The van der Waals surface area contributed by atoms with Gasteiger partial charge in [-0.3, -0.25) is 4.57 Å². The Balaban J connectivity index is 1.55. The van der Waals surface area contributed by atoms with E-state index in [1.165, 1.54) is 17.8 Å². The van der Waals surface area contributed by atoms with Gasteiger partial charge in [-0.2, -0.15) is 0 Å². The SMILES string of the molecule is COc1ccc(-n2c(SCc3cc(=O)oc4cc(OC)ccc34)nnc2-c2ccccc2)cc1. The van der Waals surface area contributed by atoms with Gasteiger partial charge in [-0.05, 0) is 42.0 Å². The Bertz CT molecular complexity index is 1490. The monoisotopic (exact) mass is 471 g/mol. The molecule has 0 saturated carbocycles. The highest BCUT2D eigenvalue weighted by Crippen LogP contribution is 2.32. The number of nitrogens with zero attached hydrogens (tertiary/aromatic N) is 3. The lowest BCUT2D eigenvalue weighted by Gasteiger charge is -2.12. The molecule has 7 nitrogen and oxygen atoms in total. The quantitative estimate of drug-likeness (QED) is 0.234. The number of benzene rings is 3. The molecule has 34 heavy (non-hydrogen) atoms. The molecule has 0 amide bonds. The molecular formula is C26H21N3O4S. The smallest absolute Gasteiger partial charge is 0.336 e. The molecule has 0 fully saturated rings. The Morgan fingerprint density at radius 2 is 1.62 bits per heavy atom. The van der Waals surface area contributed by atoms with Crippen LogP contribution in [0.2, 0.25) is 0 Å². The van der Waals surface area contributed by atoms with Crippen molar-refractivity contribution in [3.63, 3.8) is 0 Å². The number of aromatic nitrogens is 3. The molecule has 0 aliphatic heterocycles. The van der Waals surface area contributed by atoms with E-state index in [1.54, 1.807) is 20.3 Å². The number of ether oxygens (including phenoxy) is 2. The molecule has 5 aromatic rings. The highest BCUT2D eigenvalue weighted by molar-refractivity contribution is 7.98. The summed E-state index contributed by atoms with van der Waals surface area (Å²) in [5.74, 6) is 2.64. The van der Waals surface area contributed by atoms with Gasteiger partial charge in [0.1, 0.15) is 17.1 Å². The van der Waals surface area contributed by atoms with Crippen LogP contribution in [-0.2, 0) is 5.75 Å². The van der Waals surface area contributed by atoms with Gasteiger partial charge in [0.2, 0.25) is 0 Å². The van der Waals surface area contributed by atoms with Gasteiger partial charge in [-0.15, -0.1) is 10.2 Å². The number of hydrogen-bond acceptors (Lipinski definition) is 7. The van der Waals surface area contributed by atoms with E-state index in [-0.39, 0.29) is 0 Å². The minimum absolute atomic E-state index is 0.405. The van der Waals surface area contributed by atoms with Gasteiger partial charge in [0.25, 0.3) is 0 Å². The van der Waals surface area contributed by atoms with Crippen molar-refractivity contribution in [3.05, 3.63) is 94.8 Å². The average Bonchev–Trinajstić information content (AvgIpc) is 3.31. The van der Waals surface area contributed by atoms with Crippen LogP contribution in [0.1, 0.15) is 5.56 Å². The van der Waals surface area contributed by atoms with Gasteiger partial charge in [0, 0.05) is 34.5 Å². The average molecular weight is 472 g/mol. The van der Waals surface area contributed by atoms with Crippen molar-refractivity contribution in [1.82, 2.24) is 14.8 Å². The maximum Gasteiger partial charge on any atom is 0.336 e. The molecule has 0 saturated heterocycles. The number of rotatable bonds is 7. The van der Waals surface area contributed by atoms with E-state index in [2.05, 4.69) is 10.2 Å². The molecule has 5 rings (SSSR count). The first-order valence-electron chi connectivity index (χ1n) is 10.5. The fraction of sp³-hybridized carbons (Fsp3) is 0.115. The van der Waals surface area contributed by atoms with E-state index in [0.717, 1.165) is 33.8 Å². The Hall–Kier alpha value is -4.04. The molecule has 0 atom stereocenters.